The number of nitrogens with zero attached hydrogens (tertiary/aromatic N) is 4. The van der Waals surface area contributed by atoms with Gasteiger partial charge in [0.05, 0.1) is 23.1 Å². The molecule has 0 saturated heterocycles. The Kier molecular flexibility index (Phi) is 4.92. The molecule has 0 aliphatic carbocycles. The molecule has 0 spiro atoms. The van der Waals surface area contributed by atoms with E-state index < -0.39 is 41.1 Å². The quantitative estimate of drug-likeness (QED) is 0.672. The summed E-state index contributed by atoms with van der Waals surface area (Å²) in [6.45, 7) is 1.61. The number of aromatic nitrogens is 4. The van der Waals surface area contributed by atoms with E-state index in [0.717, 1.165) is 17.1 Å². The summed E-state index contributed by atoms with van der Waals surface area (Å²) in [6.07, 6.45) is -6.08. The van der Waals surface area contributed by atoms with Crippen LogP contribution in [0.5, 0.6) is 0 Å². The third-order valence-corrected chi connectivity index (χ3v) is 3.94. The predicted octanol–water partition coefficient (Wildman–Crippen LogP) is 4.12. The topological polar surface area (TPSA) is 64.7 Å². The number of hydrogen-bond acceptors (Lipinski definition) is 3. The lowest BCUT2D eigenvalue weighted by molar-refractivity contribution is -0.142. The van der Waals surface area contributed by atoms with Crippen LogP contribution in [0.15, 0.2) is 36.7 Å². The fraction of sp³-hybridized carbons (Fsp3) is 0.235. The number of benzene rings is 1. The average Bonchev–Trinajstić information content (AvgIpc) is 3.18. The van der Waals surface area contributed by atoms with Gasteiger partial charge in [0.1, 0.15) is 5.69 Å². The van der Waals surface area contributed by atoms with Crippen LogP contribution < -0.4 is 5.32 Å². The first-order valence-electron chi connectivity index (χ1n) is 7.94. The Morgan fingerprint density at radius 3 is 2.50 bits per heavy atom. The van der Waals surface area contributed by atoms with Gasteiger partial charge >= 0.3 is 6.18 Å². The predicted molar refractivity (Wildman–Crippen MR) is 89.4 cm³/mol. The second kappa shape index (κ2) is 7.06. The summed E-state index contributed by atoms with van der Waals surface area (Å²) in [5, 5.41) is 9.23. The van der Waals surface area contributed by atoms with Crippen LogP contribution in [-0.4, -0.2) is 25.5 Å². The van der Waals surface area contributed by atoms with Crippen molar-refractivity contribution in [1.82, 2.24) is 19.6 Å². The zero-order valence-electron chi connectivity index (χ0n) is 14.6. The van der Waals surface area contributed by atoms with Crippen molar-refractivity contribution in [3.8, 4) is 5.69 Å². The van der Waals surface area contributed by atoms with Gasteiger partial charge in [0.25, 0.3) is 12.3 Å². The number of amides is 1. The van der Waals surface area contributed by atoms with Crippen molar-refractivity contribution in [3.63, 3.8) is 0 Å². The molecule has 0 saturated carbocycles. The molecule has 0 aliphatic heterocycles. The van der Waals surface area contributed by atoms with E-state index in [1.54, 1.807) is 25.1 Å². The van der Waals surface area contributed by atoms with Crippen LogP contribution in [0.1, 0.15) is 33.7 Å². The second-order valence-corrected chi connectivity index (χ2v) is 5.96. The van der Waals surface area contributed by atoms with Crippen molar-refractivity contribution in [3.05, 3.63) is 59.2 Å². The van der Waals surface area contributed by atoms with Crippen molar-refractivity contribution in [2.24, 2.45) is 7.05 Å². The number of rotatable bonds is 4. The standard InChI is InChI=1S/C17H14F5N5O/c1-9-5-3-4-6-12(9)27-14(17(20,21)22)11(7-23-27)24-16(28)10-8-26(2)25-13(10)15(18)19/h3-8,15H,1-2H3,(H,24,28). The maximum atomic E-state index is 13.7. The first-order chi connectivity index (χ1) is 13.1. The third kappa shape index (κ3) is 3.59. The number of nitrogens with one attached hydrogen (secondary N) is 1. The molecule has 148 valence electrons. The maximum Gasteiger partial charge on any atom is 0.435 e. The number of carbonyl (C=O) groups excluding carboxylic acids is 1. The van der Waals surface area contributed by atoms with E-state index in [9.17, 15) is 26.7 Å². The smallest absolute Gasteiger partial charge is 0.319 e. The monoisotopic (exact) mass is 399 g/mol. The van der Waals surface area contributed by atoms with E-state index in [0.29, 0.717) is 10.2 Å². The molecule has 28 heavy (non-hydrogen) atoms. The Bertz CT molecular complexity index is 1020. The molecule has 0 bridgehead atoms. The lowest BCUT2D eigenvalue weighted by Crippen LogP contribution is -2.19. The number of hydrogen-bond donors (Lipinski definition) is 1. The molecule has 0 radical (unpaired) electrons. The SMILES string of the molecule is Cc1ccccc1-n1ncc(NC(=O)c2cn(C)nc2C(F)F)c1C(F)(F)F. The highest BCUT2D eigenvalue weighted by Crippen LogP contribution is 2.37. The highest BCUT2D eigenvalue weighted by atomic mass is 19.4. The molecule has 1 aromatic carbocycles. The number of alkyl halides is 5. The van der Waals surface area contributed by atoms with Gasteiger partial charge in [-0.1, -0.05) is 18.2 Å². The minimum Gasteiger partial charge on any atom is -0.319 e. The molecule has 3 rings (SSSR count). The van der Waals surface area contributed by atoms with E-state index in [4.69, 9.17) is 0 Å². The number of halogens is 5. The molecule has 6 nitrogen and oxygen atoms in total. The lowest BCUT2D eigenvalue weighted by Gasteiger charge is -2.14. The number of aryl methyl sites for hydroxylation is 2. The van der Waals surface area contributed by atoms with Crippen LogP contribution in [0.4, 0.5) is 27.6 Å². The zero-order chi connectivity index (χ0) is 20.6. The minimum absolute atomic E-state index is 0.171. The van der Waals surface area contributed by atoms with Gasteiger partial charge in [-0.05, 0) is 18.6 Å². The normalized spacial score (nSPS) is 11.9. The first-order valence-corrected chi connectivity index (χ1v) is 7.94. The molecule has 1 amide bonds. The fourth-order valence-electron chi connectivity index (χ4n) is 2.73. The second-order valence-electron chi connectivity index (χ2n) is 5.96. The van der Waals surface area contributed by atoms with Gasteiger partial charge in [-0.3, -0.25) is 9.48 Å². The highest BCUT2D eigenvalue weighted by molar-refractivity contribution is 6.05. The summed E-state index contributed by atoms with van der Waals surface area (Å²) in [5.74, 6) is -1.14. The number of para-hydroxylation sites is 1. The Balaban J connectivity index is 2.04. The van der Waals surface area contributed by atoms with Gasteiger partial charge in [0.2, 0.25) is 0 Å². The van der Waals surface area contributed by atoms with Crippen LogP contribution in [0.25, 0.3) is 5.69 Å². The van der Waals surface area contributed by atoms with Gasteiger partial charge in [-0.15, -0.1) is 0 Å². The maximum absolute atomic E-state index is 13.7. The van der Waals surface area contributed by atoms with Crippen LogP contribution in [0, 0.1) is 6.92 Å². The van der Waals surface area contributed by atoms with E-state index >= 15 is 0 Å². The van der Waals surface area contributed by atoms with Crippen molar-refractivity contribution >= 4 is 11.6 Å². The molecule has 1 N–H and O–H groups in total. The average molecular weight is 399 g/mol. The van der Waals surface area contributed by atoms with E-state index in [2.05, 4.69) is 10.2 Å². The molecule has 3 aromatic rings. The van der Waals surface area contributed by atoms with E-state index in [1.807, 2.05) is 5.32 Å². The molecule has 11 heteroatoms. The number of carbonyl (C=O) groups is 1. The molecular formula is C17H14F5N5O. The van der Waals surface area contributed by atoms with Gasteiger partial charge in [0, 0.05) is 13.2 Å². The molecule has 0 fully saturated rings. The molecule has 0 aliphatic rings. The van der Waals surface area contributed by atoms with Crippen LogP contribution in [0.2, 0.25) is 0 Å². The van der Waals surface area contributed by atoms with Crippen LogP contribution in [0.3, 0.4) is 0 Å². The highest BCUT2D eigenvalue weighted by Gasteiger charge is 2.40. The summed E-state index contributed by atoms with van der Waals surface area (Å²) >= 11 is 0. The van der Waals surface area contributed by atoms with Gasteiger partial charge in [0.15, 0.2) is 5.69 Å². The third-order valence-electron chi connectivity index (χ3n) is 3.94. The van der Waals surface area contributed by atoms with Crippen molar-refractivity contribution < 1.29 is 26.7 Å². The fourth-order valence-corrected chi connectivity index (χ4v) is 2.73. The van der Waals surface area contributed by atoms with Gasteiger partial charge in [-0.2, -0.15) is 23.4 Å². The summed E-state index contributed by atoms with van der Waals surface area (Å²) in [6, 6.07) is 6.26. The Morgan fingerprint density at radius 2 is 1.89 bits per heavy atom. The van der Waals surface area contributed by atoms with Gasteiger partial charge in [-0.25, -0.2) is 13.5 Å². The van der Waals surface area contributed by atoms with Crippen molar-refractivity contribution in [1.29, 1.82) is 0 Å². The molecular weight excluding hydrogens is 385 g/mol. The van der Waals surface area contributed by atoms with Crippen LogP contribution in [-0.2, 0) is 13.2 Å². The van der Waals surface area contributed by atoms with Crippen molar-refractivity contribution in [2.45, 2.75) is 19.5 Å². The van der Waals surface area contributed by atoms with E-state index in [-0.39, 0.29) is 5.69 Å². The Labute approximate surface area is 155 Å². The summed E-state index contributed by atoms with van der Waals surface area (Å²) in [5.41, 5.74) is -2.51. The zero-order valence-corrected chi connectivity index (χ0v) is 14.6. The summed E-state index contributed by atoms with van der Waals surface area (Å²) < 4.78 is 68.7. The Morgan fingerprint density at radius 1 is 1.21 bits per heavy atom. The summed E-state index contributed by atoms with van der Waals surface area (Å²) in [4.78, 5) is 12.3. The number of anilines is 1. The molecule has 0 atom stereocenters. The largest absolute Gasteiger partial charge is 0.435 e. The molecule has 0 unspecified atom stereocenters. The molecule has 2 aromatic heterocycles. The van der Waals surface area contributed by atoms with Crippen LogP contribution >= 0.6 is 0 Å². The first kappa shape index (κ1) is 19.5. The minimum atomic E-state index is -4.86. The summed E-state index contributed by atoms with van der Waals surface area (Å²) in [7, 11) is 1.32. The Hall–Kier alpha value is -3.24. The van der Waals surface area contributed by atoms with E-state index in [1.165, 1.54) is 13.1 Å². The van der Waals surface area contributed by atoms with Gasteiger partial charge < -0.3 is 5.32 Å². The lowest BCUT2D eigenvalue weighted by atomic mass is 10.2. The molecule has 2 heterocycles. The van der Waals surface area contributed by atoms with Crippen molar-refractivity contribution in [2.75, 3.05) is 5.32 Å².